The molecule has 2 bridgehead atoms. The highest BCUT2D eigenvalue weighted by atomic mass is 35.5. The maximum atomic E-state index is 13.3. The van der Waals surface area contributed by atoms with E-state index in [0.29, 0.717) is 12.1 Å². The van der Waals surface area contributed by atoms with E-state index in [-0.39, 0.29) is 24.8 Å². The third kappa shape index (κ3) is 2.67. The van der Waals surface area contributed by atoms with Crippen molar-refractivity contribution in [2.75, 3.05) is 13.1 Å². The Morgan fingerprint density at radius 2 is 1.62 bits per heavy atom. The monoisotopic (exact) mass is 336 g/mol. The molecule has 3 fully saturated rings. The number of halogens is 4. The Hall–Kier alpha value is -0.420. The molecule has 2 nitrogen and oxygen atoms in total. The van der Waals surface area contributed by atoms with Crippen LogP contribution in [-0.2, 0) is 6.54 Å². The highest BCUT2D eigenvalue weighted by molar-refractivity contribution is 5.85. The van der Waals surface area contributed by atoms with Crippen LogP contribution in [0.15, 0.2) is 18.2 Å². The van der Waals surface area contributed by atoms with Gasteiger partial charge in [0.2, 0.25) is 0 Å². The predicted molar refractivity (Wildman–Crippen MR) is 83.1 cm³/mol. The first-order chi connectivity index (χ1) is 9.24. The van der Waals surface area contributed by atoms with E-state index in [1.807, 2.05) is 0 Å². The molecule has 4 rings (SSSR count). The smallest absolute Gasteiger partial charge is 0.159 e. The Kier molecular flexibility index (Phi) is 5.14. The lowest BCUT2D eigenvalue weighted by Crippen LogP contribution is -2.33. The van der Waals surface area contributed by atoms with Crippen molar-refractivity contribution >= 4 is 24.8 Å². The van der Waals surface area contributed by atoms with E-state index in [9.17, 15) is 8.78 Å². The SMILES string of the molecule is Cl.Cl.Fc1ccc(CN2[C@@H]3CC[C@H]2[C@H]2CNC[C@H]23)cc1F. The van der Waals surface area contributed by atoms with Crippen LogP contribution >= 0.6 is 24.8 Å². The molecule has 0 aromatic heterocycles. The summed E-state index contributed by atoms with van der Waals surface area (Å²) < 4.78 is 26.3. The van der Waals surface area contributed by atoms with Gasteiger partial charge in [-0.3, -0.25) is 4.90 Å². The average molecular weight is 337 g/mol. The summed E-state index contributed by atoms with van der Waals surface area (Å²) in [5, 5.41) is 3.49. The first-order valence-electron chi connectivity index (χ1n) is 7.14. The molecule has 3 aliphatic rings. The van der Waals surface area contributed by atoms with Crippen LogP contribution in [0.4, 0.5) is 8.78 Å². The lowest BCUT2D eigenvalue weighted by atomic mass is 9.82. The van der Waals surface area contributed by atoms with Gasteiger partial charge in [0.15, 0.2) is 11.6 Å². The Bertz CT molecular complexity index is 496. The van der Waals surface area contributed by atoms with Gasteiger partial charge in [-0.25, -0.2) is 8.78 Å². The fraction of sp³-hybridized carbons (Fsp3) is 0.600. The zero-order valence-corrected chi connectivity index (χ0v) is 13.2. The number of benzene rings is 1. The summed E-state index contributed by atoms with van der Waals surface area (Å²) in [5.41, 5.74) is 0.892. The summed E-state index contributed by atoms with van der Waals surface area (Å²) in [6, 6.07) is 5.58. The van der Waals surface area contributed by atoms with Crippen LogP contribution in [0.5, 0.6) is 0 Å². The lowest BCUT2D eigenvalue weighted by molar-refractivity contribution is 0.218. The predicted octanol–water partition coefficient (Wildman–Crippen LogP) is 2.99. The van der Waals surface area contributed by atoms with Gasteiger partial charge in [0.1, 0.15) is 0 Å². The molecule has 3 aliphatic heterocycles. The molecular weight excluding hydrogens is 317 g/mol. The molecule has 21 heavy (non-hydrogen) atoms. The molecule has 0 unspecified atom stereocenters. The summed E-state index contributed by atoms with van der Waals surface area (Å²) in [6.07, 6.45) is 2.52. The van der Waals surface area contributed by atoms with Crippen molar-refractivity contribution < 1.29 is 8.78 Å². The number of nitrogens with zero attached hydrogens (tertiary/aromatic N) is 1. The van der Waals surface area contributed by atoms with Gasteiger partial charge < -0.3 is 5.32 Å². The Morgan fingerprint density at radius 1 is 1.00 bits per heavy atom. The second kappa shape index (κ2) is 6.37. The van der Waals surface area contributed by atoms with Crippen LogP contribution in [0.1, 0.15) is 18.4 Å². The average Bonchev–Trinajstić information content (AvgIpc) is 3.06. The number of nitrogens with one attached hydrogen (secondary N) is 1. The molecule has 1 aromatic carbocycles. The molecule has 1 aromatic rings. The Balaban J connectivity index is 0.000000807. The van der Waals surface area contributed by atoms with Crippen LogP contribution in [0.2, 0.25) is 0 Å². The second-order valence-corrected chi connectivity index (χ2v) is 6.12. The Morgan fingerprint density at radius 3 is 2.19 bits per heavy atom. The molecule has 0 aliphatic carbocycles. The Labute approximate surface area is 136 Å². The van der Waals surface area contributed by atoms with Crippen LogP contribution in [0, 0.1) is 23.5 Å². The molecule has 4 atom stereocenters. The summed E-state index contributed by atoms with van der Waals surface area (Å²) in [7, 11) is 0. The van der Waals surface area contributed by atoms with Crippen molar-refractivity contribution in [1.82, 2.24) is 10.2 Å². The summed E-state index contributed by atoms with van der Waals surface area (Å²) in [6.45, 7) is 3.01. The molecule has 0 spiro atoms. The van der Waals surface area contributed by atoms with E-state index in [4.69, 9.17) is 0 Å². The molecule has 6 heteroatoms. The lowest BCUT2D eigenvalue weighted by Gasteiger charge is -2.24. The normalized spacial score (nSPS) is 33.4. The van der Waals surface area contributed by atoms with Gasteiger partial charge in [-0.1, -0.05) is 6.07 Å². The van der Waals surface area contributed by atoms with Gasteiger partial charge in [0, 0.05) is 18.6 Å². The summed E-state index contributed by atoms with van der Waals surface area (Å²) in [4.78, 5) is 2.53. The minimum atomic E-state index is -0.755. The molecule has 0 amide bonds. The minimum Gasteiger partial charge on any atom is -0.316 e. The van der Waals surface area contributed by atoms with Crippen molar-refractivity contribution in [3.63, 3.8) is 0 Å². The standard InChI is InChI=1S/C15H18F2N2.2ClH/c16-12-2-1-9(5-13(12)17)8-19-14-3-4-15(19)11-7-18-6-10(11)14;;/h1-2,5,10-11,14-15,18H,3-4,6-8H2;2*1H/t10-,11+,14-,15+;;. The van der Waals surface area contributed by atoms with E-state index >= 15 is 0 Å². The van der Waals surface area contributed by atoms with E-state index in [2.05, 4.69) is 10.2 Å². The van der Waals surface area contributed by atoms with E-state index in [1.165, 1.54) is 25.0 Å². The third-order valence-electron chi connectivity index (χ3n) is 5.26. The fourth-order valence-electron chi connectivity index (χ4n) is 4.48. The molecule has 0 saturated carbocycles. The maximum absolute atomic E-state index is 13.3. The molecule has 3 saturated heterocycles. The third-order valence-corrected chi connectivity index (χ3v) is 5.26. The van der Waals surface area contributed by atoms with Gasteiger partial charge in [0.05, 0.1) is 0 Å². The maximum Gasteiger partial charge on any atom is 0.159 e. The van der Waals surface area contributed by atoms with Crippen molar-refractivity contribution in [2.24, 2.45) is 11.8 Å². The molecule has 3 heterocycles. The van der Waals surface area contributed by atoms with Gasteiger partial charge in [0.25, 0.3) is 0 Å². The first kappa shape index (κ1) is 16.9. The van der Waals surface area contributed by atoms with Crippen LogP contribution < -0.4 is 5.32 Å². The van der Waals surface area contributed by atoms with E-state index in [0.717, 1.165) is 37.0 Å². The summed E-state index contributed by atoms with van der Waals surface area (Å²) in [5.74, 6) is 0.0493. The van der Waals surface area contributed by atoms with Crippen molar-refractivity contribution in [3.05, 3.63) is 35.4 Å². The number of hydrogen-bond acceptors (Lipinski definition) is 2. The molecule has 1 N–H and O–H groups in total. The minimum absolute atomic E-state index is 0. The molecule has 118 valence electrons. The van der Waals surface area contributed by atoms with Gasteiger partial charge in [-0.15, -0.1) is 24.8 Å². The fourth-order valence-corrected chi connectivity index (χ4v) is 4.48. The second-order valence-electron chi connectivity index (χ2n) is 6.12. The van der Waals surface area contributed by atoms with Gasteiger partial charge in [-0.05, 0) is 55.5 Å². The van der Waals surface area contributed by atoms with Crippen molar-refractivity contribution in [2.45, 2.75) is 31.5 Å². The van der Waals surface area contributed by atoms with E-state index in [1.54, 1.807) is 6.07 Å². The van der Waals surface area contributed by atoms with Crippen LogP contribution in [0.25, 0.3) is 0 Å². The first-order valence-corrected chi connectivity index (χ1v) is 7.14. The van der Waals surface area contributed by atoms with E-state index < -0.39 is 11.6 Å². The quantitative estimate of drug-likeness (QED) is 0.893. The topological polar surface area (TPSA) is 15.3 Å². The van der Waals surface area contributed by atoms with Gasteiger partial charge in [-0.2, -0.15) is 0 Å². The largest absolute Gasteiger partial charge is 0.316 e. The highest BCUT2D eigenvalue weighted by Gasteiger charge is 2.54. The highest BCUT2D eigenvalue weighted by Crippen LogP contribution is 2.47. The molecule has 0 radical (unpaired) electrons. The zero-order chi connectivity index (χ0) is 13.0. The van der Waals surface area contributed by atoms with Crippen molar-refractivity contribution in [3.8, 4) is 0 Å². The van der Waals surface area contributed by atoms with Crippen molar-refractivity contribution in [1.29, 1.82) is 0 Å². The zero-order valence-electron chi connectivity index (χ0n) is 11.6. The number of rotatable bonds is 2. The van der Waals surface area contributed by atoms with Crippen LogP contribution in [-0.4, -0.2) is 30.1 Å². The van der Waals surface area contributed by atoms with Gasteiger partial charge >= 0.3 is 0 Å². The molecular formula is C15H20Cl2F2N2. The summed E-state index contributed by atoms with van der Waals surface area (Å²) >= 11 is 0. The van der Waals surface area contributed by atoms with Crippen LogP contribution in [0.3, 0.4) is 0 Å². The number of hydrogen-bond donors (Lipinski definition) is 1. The number of fused-ring (bicyclic) bond motifs is 5.